The van der Waals surface area contributed by atoms with Crippen LogP contribution in [0.5, 0.6) is 0 Å². The molecule has 2 amide bonds. The van der Waals surface area contributed by atoms with Gasteiger partial charge in [-0.25, -0.2) is 9.82 Å². The van der Waals surface area contributed by atoms with Gasteiger partial charge in [0.15, 0.2) is 0 Å². The number of benzene rings is 1. The molecule has 0 fully saturated rings. The summed E-state index contributed by atoms with van der Waals surface area (Å²) in [5, 5.41) is 6.37. The molecule has 0 spiro atoms. The molecule has 0 aliphatic heterocycles. The van der Waals surface area contributed by atoms with E-state index in [-0.39, 0.29) is 11.9 Å². The quantitative estimate of drug-likeness (QED) is 0.499. The zero-order chi connectivity index (χ0) is 15.1. The number of amides is 2. The van der Waals surface area contributed by atoms with Crippen molar-refractivity contribution in [2.45, 2.75) is 33.2 Å². The first-order valence-corrected chi connectivity index (χ1v) is 6.37. The van der Waals surface area contributed by atoms with E-state index in [2.05, 4.69) is 15.8 Å². The number of hydrazone groups is 1. The molecule has 20 heavy (non-hydrogen) atoms. The maximum absolute atomic E-state index is 12.8. The highest BCUT2D eigenvalue weighted by molar-refractivity contribution is 6.35. The second kappa shape index (κ2) is 7.37. The van der Waals surface area contributed by atoms with Gasteiger partial charge >= 0.3 is 11.8 Å². The Hall–Kier alpha value is -2.24. The van der Waals surface area contributed by atoms with Gasteiger partial charge in [-0.3, -0.25) is 9.59 Å². The summed E-state index contributed by atoms with van der Waals surface area (Å²) in [6, 6.07) is 5.64. The zero-order valence-corrected chi connectivity index (χ0v) is 11.7. The predicted octanol–water partition coefficient (Wildman–Crippen LogP) is 1.58. The van der Waals surface area contributed by atoms with Crippen molar-refractivity contribution in [1.82, 2.24) is 10.7 Å². The van der Waals surface area contributed by atoms with E-state index in [1.54, 1.807) is 26.0 Å². The first-order valence-electron chi connectivity index (χ1n) is 6.37. The van der Waals surface area contributed by atoms with Crippen LogP contribution in [0.3, 0.4) is 0 Å². The molecule has 1 rings (SSSR count). The average molecular weight is 279 g/mol. The molecule has 1 aromatic carbocycles. The van der Waals surface area contributed by atoms with Crippen LogP contribution >= 0.6 is 0 Å². The lowest BCUT2D eigenvalue weighted by atomic mass is 10.1. The Balaban J connectivity index is 2.73. The summed E-state index contributed by atoms with van der Waals surface area (Å²) in [7, 11) is 0. The summed E-state index contributed by atoms with van der Waals surface area (Å²) in [5.41, 5.74) is 3.45. The van der Waals surface area contributed by atoms with E-state index < -0.39 is 11.8 Å². The van der Waals surface area contributed by atoms with Crippen molar-refractivity contribution in [3.8, 4) is 0 Å². The number of nitrogens with one attached hydrogen (secondary N) is 2. The Morgan fingerprint density at radius 1 is 1.20 bits per heavy atom. The van der Waals surface area contributed by atoms with Gasteiger partial charge < -0.3 is 5.32 Å². The topological polar surface area (TPSA) is 70.6 Å². The van der Waals surface area contributed by atoms with Crippen LogP contribution in [0.1, 0.15) is 32.8 Å². The van der Waals surface area contributed by atoms with Gasteiger partial charge in [-0.1, -0.05) is 19.1 Å². The molecular formula is C14H18FN3O2. The summed E-state index contributed by atoms with van der Waals surface area (Å²) >= 11 is 0. The molecule has 108 valence electrons. The van der Waals surface area contributed by atoms with Crippen LogP contribution in [0.2, 0.25) is 0 Å². The Labute approximate surface area is 117 Å². The number of nitrogens with zero attached hydrogens (tertiary/aromatic N) is 1. The van der Waals surface area contributed by atoms with Crippen molar-refractivity contribution in [3.63, 3.8) is 0 Å². The van der Waals surface area contributed by atoms with Gasteiger partial charge in [0.05, 0.1) is 5.71 Å². The number of carbonyl (C=O) groups is 2. The van der Waals surface area contributed by atoms with Crippen LogP contribution in [0.15, 0.2) is 29.4 Å². The molecule has 2 N–H and O–H groups in total. The third-order valence-corrected chi connectivity index (χ3v) is 2.43. The Morgan fingerprint density at radius 2 is 1.80 bits per heavy atom. The van der Waals surface area contributed by atoms with E-state index in [1.165, 1.54) is 12.1 Å². The van der Waals surface area contributed by atoms with Gasteiger partial charge in [0, 0.05) is 6.04 Å². The van der Waals surface area contributed by atoms with Crippen LogP contribution in [0.25, 0.3) is 0 Å². The number of hydrogen-bond acceptors (Lipinski definition) is 3. The maximum atomic E-state index is 12.8. The predicted molar refractivity (Wildman–Crippen MR) is 74.6 cm³/mol. The second-order valence-corrected chi connectivity index (χ2v) is 4.49. The minimum atomic E-state index is -0.827. The third kappa shape index (κ3) is 4.79. The molecule has 0 saturated heterocycles. The lowest BCUT2D eigenvalue weighted by Crippen LogP contribution is -2.41. The summed E-state index contributed by atoms with van der Waals surface area (Å²) in [6.45, 7) is 5.36. The average Bonchev–Trinajstić information content (AvgIpc) is 2.40. The Kier molecular flexibility index (Phi) is 5.83. The summed E-state index contributed by atoms with van der Waals surface area (Å²) in [6.07, 6.45) is 0.539. The van der Waals surface area contributed by atoms with E-state index in [0.717, 1.165) is 0 Å². The van der Waals surface area contributed by atoms with E-state index in [1.807, 2.05) is 6.92 Å². The number of carbonyl (C=O) groups excluding carboxylic acids is 2. The fourth-order valence-corrected chi connectivity index (χ4v) is 1.49. The molecule has 0 aliphatic rings. The highest BCUT2D eigenvalue weighted by atomic mass is 19.1. The number of hydrogen-bond donors (Lipinski definition) is 2. The maximum Gasteiger partial charge on any atom is 0.329 e. The molecule has 1 aromatic rings. The standard InChI is InChI=1S/C14H18FN3O2/c1-4-12(10-5-7-11(15)8-6-10)17-18-14(20)13(19)16-9(2)3/h5-9H,4H2,1-3H3,(H,16,19)(H,18,20)/b17-12-. The molecule has 5 nitrogen and oxygen atoms in total. The Bertz CT molecular complexity index is 510. The van der Waals surface area contributed by atoms with Crippen LogP contribution in [-0.2, 0) is 9.59 Å². The van der Waals surface area contributed by atoms with Crippen LogP contribution in [-0.4, -0.2) is 23.6 Å². The highest BCUT2D eigenvalue weighted by Gasteiger charge is 2.13. The minimum absolute atomic E-state index is 0.125. The molecule has 0 aromatic heterocycles. The van der Waals surface area contributed by atoms with E-state index in [0.29, 0.717) is 17.7 Å². The first-order chi connectivity index (χ1) is 9.43. The molecule has 0 aliphatic carbocycles. The van der Waals surface area contributed by atoms with Crippen LogP contribution in [0.4, 0.5) is 4.39 Å². The lowest BCUT2D eigenvalue weighted by molar-refractivity contribution is -0.139. The molecule has 0 saturated carbocycles. The van der Waals surface area contributed by atoms with E-state index in [4.69, 9.17) is 0 Å². The van der Waals surface area contributed by atoms with E-state index >= 15 is 0 Å². The molecular weight excluding hydrogens is 261 g/mol. The van der Waals surface area contributed by atoms with Crippen molar-refractivity contribution < 1.29 is 14.0 Å². The first kappa shape index (κ1) is 15.8. The van der Waals surface area contributed by atoms with Gasteiger partial charge in [-0.05, 0) is 38.0 Å². The van der Waals surface area contributed by atoms with Crippen molar-refractivity contribution in [3.05, 3.63) is 35.6 Å². The van der Waals surface area contributed by atoms with Gasteiger partial charge in [0.2, 0.25) is 0 Å². The Morgan fingerprint density at radius 3 is 2.30 bits per heavy atom. The molecule has 0 heterocycles. The van der Waals surface area contributed by atoms with Gasteiger partial charge in [-0.15, -0.1) is 0 Å². The highest BCUT2D eigenvalue weighted by Crippen LogP contribution is 2.06. The van der Waals surface area contributed by atoms with Gasteiger partial charge in [-0.2, -0.15) is 5.10 Å². The van der Waals surface area contributed by atoms with Gasteiger partial charge in [0.1, 0.15) is 5.82 Å². The van der Waals surface area contributed by atoms with Crippen molar-refractivity contribution in [2.24, 2.45) is 5.10 Å². The largest absolute Gasteiger partial charge is 0.346 e. The monoisotopic (exact) mass is 279 g/mol. The SMILES string of the molecule is CC/C(=N/NC(=O)C(=O)NC(C)C)c1ccc(F)cc1. The molecule has 0 radical (unpaired) electrons. The lowest BCUT2D eigenvalue weighted by Gasteiger charge is -2.08. The number of halogens is 1. The fraction of sp³-hybridized carbons (Fsp3) is 0.357. The zero-order valence-electron chi connectivity index (χ0n) is 11.7. The van der Waals surface area contributed by atoms with Crippen molar-refractivity contribution in [1.29, 1.82) is 0 Å². The molecule has 0 unspecified atom stereocenters. The summed E-state index contributed by atoms with van der Waals surface area (Å²) in [5.74, 6) is -1.91. The van der Waals surface area contributed by atoms with Crippen molar-refractivity contribution in [2.75, 3.05) is 0 Å². The summed E-state index contributed by atoms with van der Waals surface area (Å²) < 4.78 is 12.8. The van der Waals surface area contributed by atoms with Gasteiger partial charge in [0.25, 0.3) is 0 Å². The molecule has 0 bridgehead atoms. The summed E-state index contributed by atoms with van der Waals surface area (Å²) in [4.78, 5) is 22.9. The van der Waals surface area contributed by atoms with Crippen molar-refractivity contribution >= 4 is 17.5 Å². The van der Waals surface area contributed by atoms with Crippen LogP contribution in [0, 0.1) is 5.82 Å². The number of rotatable bonds is 4. The minimum Gasteiger partial charge on any atom is -0.346 e. The molecule has 0 atom stereocenters. The van der Waals surface area contributed by atoms with E-state index in [9.17, 15) is 14.0 Å². The van der Waals surface area contributed by atoms with Crippen LogP contribution < -0.4 is 10.7 Å². The smallest absolute Gasteiger partial charge is 0.329 e. The normalized spacial score (nSPS) is 11.3. The second-order valence-electron chi connectivity index (χ2n) is 4.49. The third-order valence-electron chi connectivity index (χ3n) is 2.43. The molecule has 6 heteroatoms. The fourth-order valence-electron chi connectivity index (χ4n) is 1.49.